The van der Waals surface area contributed by atoms with Crippen molar-refractivity contribution >= 4 is 11.0 Å². The van der Waals surface area contributed by atoms with Gasteiger partial charge < -0.3 is 30.2 Å². The van der Waals surface area contributed by atoms with Crippen molar-refractivity contribution in [1.29, 1.82) is 0 Å². The molecule has 0 aliphatic carbocycles. The van der Waals surface area contributed by atoms with Gasteiger partial charge in [-0.3, -0.25) is 9.52 Å². The van der Waals surface area contributed by atoms with Crippen molar-refractivity contribution in [3.8, 4) is 11.5 Å². The summed E-state index contributed by atoms with van der Waals surface area (Å²) in [5, 5.41) is 50.4. The number of aromatic nitrogens is 4. The molecule has 4 N–H and O–H groups in total. The monoisotopic (exact) mass is 391 g/mol. The van der Waals surface area contributed by atoms with Crippen LogP contribution in [0.4, 0.5) is 0 Å². The van der Waals surface area contributed by atoms with Crippen LogP contribution in [0.15, 0.2) is 21.7 Å². The maximum atomic E-state index is 12.2. The van der Waals surface area contributed by atoms with Crippen molar-refractivity contribution in [2.45, 2.75) is 38.7 Å². The molecule has 0 bridgehead atoms. The topological polar surface area (TPSA) is 174 Å². The van der Waals surface area contributed by atoms with E-state index in [9.17, 15) is 30.1 Å². The number of rotatable bonds is 5. The van der Waals surface area contributed by atoms with E-state index in [1.807, 2.05) is 13.8 Å². The second-order valence-corrected chi connectivity index (χ2v) is 6.62. The smallest absolute Gasteiger partial charge is 0.347 e. The van der Waals surface area contributed by atoms with Crippen LogP contribution in [0.25, 0.3) is 22.6 Å². The number of aliphatic hydroxyl groups excluding tert-OH is 4. The molecule has 0 saturated carbocycles. The molecule has 2 heterocycles. The van der Waals surface area contributed by atoms with E-state index < -0.39 is 40.9 Å². The van der Waals surface area contributed by atoms with E-state index in [-0.39, 0.29) is 18.1 Å². The molecule has 1 aromatic carbocycles. The second kappa shape index (κ2) is 7.28. The second-order valence-electron chi connectivity index (χ2n) is 6.62. The molecule has 3 rings (SSSR count). The van der Waals surface area contributed by atoms with Crippen LogP contribution < -0.4 is 11.2 Å². The average Bonchev–Trinajstić information content (AvgIpc) is 2.67. The average molecular weight is 391 g/mol. The van der Waals surface area contributed by atoms with E-state index in [1.54, 1.807) is 12.1 Å². The maximum Gasteiger partial charge on any atom is 0.347 e. The van der Waals surface area contributed by atoms with Crippen molar-refractivity contribution < 1.29 is 20.4 Å². The zero-order chi connectivity index (χ0) is 20.7. The molecule has 2 aliphatic heterocycles. The molecule has 0 amide bonds. The fraction of sp³-hybridized carbons (Fsp3) is 0.412. The van der Waals surface area contributed by atoms with Gasteiger partial charge in [0.1, 0.15) is 18.3 Å². The number of aliphatic hydroxyl groups is 4. The van der Waals surface area contributed by atoms with Gasteiger partial charge in [0.05, 0.1) is 24.2 Å². The molecular formula is C17H19N4O7-. The van der Waals surface area contributed by atoms with Crippen LogP contribution in [0.1, 0.15) is 11.1 Å². The van der Waals surface area contributed by atoms with E-state index in [2.05, 4.69) is 9.97 Å². The highest BCUT2D eigenvalue weighted by Gasteiger charge is 2.27. The Kier molecular flexibility index (Phi) is 5.17. The predicted molar refractivity (Wildman–Crippen MR) is 98.0 cm³/mol. The molecule has 0 saturated heterocycles. The Hall–Kier alpha value is -2.86. The molecule has 0 unspecified atom stereocenters. The Bertz CT molecular complexity index is 1120. The minimum atomic E-state index is -1.70. The van der Waals surface area contributed by atoms with Crippen LogP contribution in [-0.4, -0.2) is 64.6 Å². The molecule has 0 spiro atoms. The molecule has 11 nitrogen and oxygen atoms in total. The Morgan fingerprint density at radius 1 is 1.07 bits per heavy atom. The maximum absolute atomic E-state index is 12.2. The van der Waals surface area contributed by atoms with Gasteiger partial charge in [0, 0.05) is 0 Å². The van der Waals surface area contributed by atoms with Gasteiger partial charge in [0.15, 0.2) is 11.5 Å². The van der Waals surface area contributed by atoms with Gasteiger partial charge >= 0.3 is 5.69 Å². The molecular weight excluding hydrogens is 372 g/mol. The number of hydrogen-bond donors (Lipinski definition) is 4. The standard InChI is InChI=1S/C17H19N4O7/c1-7-3-9-10(4-8(7)2)20(5-11(23)14(25)12(24)6-22)15-13(18-9)16(26)21(28)17(27)19-15/h3-4,11-12,14,22-25H,5-6H2,1-2H3/q-1/t11-,12+,14-/m1/s1. The van der Waals surface area contributed by atoms with Crippen LogP contribution in [0, 0.1) is 19.1 Å². The van der Waals surface area contributed by atoms with Crippen LogP contribution in [0.5, 0.6) is 0 Å². The van der Waals surface area contributed by atoms with Crippen molar-refractivity contribution in [3.63, 3.8) is 0 Å². The quantitative estimate of drug-likeness (QED) is 0.362. The van der Waals surface area contributed by atoms with Crippen LogP contribution in [-0.2, 0) is 6.54 Å². The number of nitrogens with zero attached hydrogens (tertiary/aromatic N) is 4. The minimum absolute atomic E-state index is 0.234. The molecule has 150 valence electrons. The molecule has 3 atom stereocenters. The zero-order valence-corrected chi connectivity index (χ0v) is 15.1. The Morgan fingerprint density at radius 3 is 2.36 bits per heavy atom. The number of hydrogen-bond acceptors (Lipinski definition) is 9. The lowest BCUT2D eigenvalue weighted by atomic mass is 10.1. The van der Waals surface area contributed by atoms with Gasteiger partial charge in [-0.1, -0.05) is 0 Å². The molecule has 1 aromatic rings. The summed E-state index contributed by atoms with van der Waals surface area (Å²) in [4.78, 5) is 31.7. The summed E-state index contributed by atoms with van der Waals surface area (Å²) in [5.41, 5.74) is -0.455. The summed E-state index contributed by atoms with van der Waals surface area (Å²) in [5.74, 6) is -0.234. The predicted octanol–water partition coefficient (Wildman–Crippen LogP) is -1.90. The number of aryl methyl sites for hydroxylation is 2. The van der Waals surface area contributed by atoms with Crippen molar-refractivity contribution in [2.24, 2.45) is 0 Å². The molecule has 2 aliphatic rings. The fourth-order valence-electron chi connectivity index (χ4n) is 2.92. The lowest BCUT2D eigenvalue weighted by molar-refractivity contribution is -0.0802. The van der Waals surface area contributed by atoms with Crippen molar-refractivity contribution in [3.05, 3.63) is 49.3 Å². The van der Waals surface area contributed by atoms with E-state index in [0.29, 0.717) is 11.0 Å². The fourth-order valence-corrected chi connectivity index (χ4v) is 2.92. The summed E-state index contributed by atoms with van der Waals surface area (Å²) in [6.45, 7) is 2.49. The van der Waals surface area contributed by atoms with E-state index >= 15 is 0 Å². The minimum Gasteiger partial charge on any atom is -0.800 e. The molecule has 0 fully saturated rings. The van der Waals surface area contributed by atoms with Gasteiger partial charge in [-0.2, -0.15) is 4.98 Å². The van der Waals surface area contributed by atoms with Crippen molar-refractivity contribution in [2.75, 3.05) is 6.61 Å². The Balaban J connectivity index is 2.32. The van der Waals surface area contributed by atoms with Gasteiger partial charge in [-0.05, 0) is 37.1 Å². The third kappa shape index (κ3) is 3.24. The SMILES string of the molecule is Cc1cc2nc3c(=O)n([O-])c(=O)nc-3n(C[C@@H](O)[C@@H](O)[C@@H](O)CO)c2cc1C. The molecule has 11 heteroatoms. The number of fused-ring (bicyclic) bond motifs is 2. The first-order valence-electron chi connectivity index (χ1n) is 8.42. The summed E-state index contributed by atoms with van der Waals surface area (Å²) >= 11 is 0. The highest BCUT2D eigenvalue weighted by atomic mass is 16.5. The van der Waals surface area contributed by atoms with Crippen molar-refractivity contribution in [1.82, 2.24) is 19.3 Å². The van der Waals surface area contributed by atoms with E-state index in [4.69, 9.17) is 5.11 Å². The lowest BCUT2D eigenvalue weighted by Crippen LogP contribution is -2.42. The highest BCUT2D eigenvalue weighted by molar-refractivity contribution is 5.81. The summed E-state index contributed by atoms with van der Waals surface area (Å²) < 4.78 is 0.873. The van der Waals surface area contributed by atoms with E-state index in [0.717, 1.165) is 11.1 Å². The first kappa shape index (κ1) is 19.9. The summed E-state index contributed by atoms with van der Waals surface area (Å²) in [6, 6.07) is 3.37. The molecule has 0 aromatic heterocycles. The van der Waals surface area contributed by atoms with Crippen LogP contribution >= 0.6 is 0 Å². The Labute approximate surface area is 157 Å². The van der Waals surface area contributed by atoms with E-state index in [1.165, 1.54) is 4.57 Å². The van der Waals surface area contributed by atoms with Gasteiger partial charge in [-0.15, -0.1) is 0 Å². The molecule has 28 heavy (non-hydrogen) atoms. The largest absolute Gasteiger partial charge is 0.800 e. The number of benzene rings is 1. The summed E-state index contributed by atoms with van der Waals surface area (Å²) in [7, 11) is 0. The molecule has 0 radical (unpaired) electrons. The van der Waals surface area contributed by atoms with Gasteiger partial charge in [-0.25, -0.2) is 9.78 Å². The third-order valence-corrected chi connectivity index (χ3v) is 4.69. The zero-order valence-electron chi connectivity index (χ0n) is 15.1. The van der Waals surface area contributed by atoms with Crippen LogP contribution in [0.2, 0.25) is 0 Å². The van der Waals surface area contributed by atoms with Gasteiger partial charge in [0.25, 0.3) is 5.56 Å². The van der Waals surface area contributed by atoms with Crippen LogP contribution in [0.3, 0.4) is 0 Å². The first-order valence-corrected chi connectivity index (χ1v) is 8.42. The van der Waals surface area contributed by atoms with Gasteiger partial charge in [0.2, 0.25) is 0 Å². The summed E-state index contributed by atoms with van der Waals surface area (Å²) in [6.07, 6.45) is -4.87. The normalized spacial score (nSPS) is 15.1. The Morgan fingerprint density at radius 2 is 1.71 bits per heavy atom. The first-order chi connectivity index (χ1) is 13.1. The third-order valence-electron chi connectivity index (χ3n) is 4.69. The highest BCUT2D eigenvalue weighted by Crippen LogP contribution is 2.24. The lowest BCUT2D eigenvalue weighted by Gasteiger charge is -2.25.